The molecule has 0 rings (SSSR count). The molecular weight excluding hydrogens is 208 g/mol. The average Bonchev–Trinajstić information content (AvgIpc) is 2.17. The highest BCUT2D eigenvalue weighted by Gasteiger charge is 1.90. The maximum absolute atomic E-state index is 3.29. The summed E-state index contributed by atoms with van der Waals surface area (Å²) in [5, 5.41) is 0. The molecule has 0 radical (unpaired) electrons. The van der Waals surface area contributed by atoms with Crippen LogP contribution in [-0.4, -0.2) is 10.2 Å². The summed E-state index contributed by atoms with van der Waals surface area (Å²) in [6, 6.07) is 0. The van der Waals surface area contributed by atoms with Gasteiger partial charge >= 0.3 is 0 Å². The second-order valence-corrected chi connectivity index (χ2v) is 5.20. The van der Waals surface area contributed by atoms with Gasteiger partial charge in [-0.15, -0.1) is 5.73 Å². The molecule has 0 unspecified atom stereocenters. The molecule has 0 heterocycles. The molecular formula is C15H26Si. The summed E-state index contributed by atoms with van der Waals surface area (Å²) in [6.45, 7) is 8.72. The molecule has 0 aromatic heterocycles. The van der Waals surface area contributed by atoms with Crippen LogP contribution in [0.3, 0.4) is 0 Å². The van der Waals surface area contributed by atoms with Crippen LogP contribution in [0.15, 0.2) is 40.3 Å². The predicted molar refractivity (Wildman–Crippen MR) is 78.9 cm³/mol. The zero-order chi connectivity index (χ0) is 12.4. The van der Waals surface area contributed by atoms with Gasteiger partial charge in [0.2, 0.25) is 0 Å². The normalized spacial score (nSPS) is 10.9. The third-order valence-electron chi connectivity index (χ3n) is 2.49. The smallest absolute Gasteiger partial charge is 0.0390 e. The number of allylic oxidation sites excluding steroid dienone is 5. The van der Waals surface area contributed by atoms with Gasteiger partial charge in [0.25, 0.3) is 0 Å². The third-order valence-corrected chi connectivity index (χ3v) is 2.78. The van der Waals surface area contributed by atoms with Crippen molar-refractivity contribution in [2.75, 3.05) is 0 Å². The van der Waals surface area contributed by atoms with Crippen LogP contribution in [0.1, 0.15) is 53.4 Å². The summed E-state index contributed by atoms with van der Waals surface area (Å²) in [7, 11) is 1.11. The summed E-state index contributed by atoms with van der Waals surface area (Å²) in [5.74, 6) is 0. The molecule has 90 valence electrons. The van der Waals surface area contributed by atoms with Crippen molar-refractivity contribution >= 4 is 10.2 Å². The Kier molecular flexibility index (Phi) is 8.98. The molecule has 0 aliphatic rings. The first kappa shape index (κ1) is 15.2. The molecule has 16 heavy (non-hydrogen) atoms. The van der Waals surface area contributed by atoms with Crippen molar-refractivity contribution < 1.29 is 0 Å². The van der Waals surface area contributed by atoms with Gasteiger partial charge in [0.05, 0.1) is 0 Å². The second-order valence-electron chi connectivity index (χ2n) is 4.62. The minimum Gasteiger partial charge on any atom is -0.132 e. The fraction of sp³-hybridized carbons (Fsp3) is 0.533. The molecule has 0 aromatic carbocycles. The lowest BCUT2D eigenvalue weighted by molar-refractivity contribution is 0.919. The molecule has 0 aliphatic heterocycles. The van der Waals surface area contributed by atoms with Crippen LogP contribution in [0.5, 0.6) is 0 Å². The van der Waals surface area contributed by atoms with Crippen LogP contribution in [0.4, 0.5) is 0 Å². The Morgan fingerprint density at radius 1 is 1.00 bits per heavy atom. The summed E-state index contributed by atoms with van der Waals surface area (Å²) in [4.78, 5) is 0. The van der Waals surface area contributed by atoms with Gasteiger partial charge in [0.15, 0.2) is 0 Å². The first-order chi connectivity index (χ1) is 7.56. The Morgan fingerprint density at radius 3 is 2.19 bits per heavy atom. The number of hydrogen-bond acceptors (Lipinski definition) is 0. The van der Waals surface area contributed by atoms with Gasteiger partial charge in [-0.3, -0.25) is 0 Å². The van der Waals surface area contributed by atoms with E-state index in [1.165, 1.54) is 29.6 Å². The van der Waals surface area contributed by atoms with Gasteiger partial charge in [-0.1, -0.05) is 29.0 Å². The Hall–Kier alpha value is -0.783. The summed E-state index contributed by atoms with van der Waals surface area (Å²) >= 11 is 0. The third kappa shape index (κ3) is 9.76. The number of hydrogen-bond donors (Lipinski definition) is 0. The van der Waals surface area contributed by atoms with E-state index in [1.807, 2.05) is 0 Å². The quantitative estimate of drug-likeness (QED) is 0.372. The fourth-order valence-electron chi connectivity index (χ4n) is 1.54. The van der Waals surface area contributed by atoms with Gasteiger partial charge < -0.3 is 0 Å². The Morgan fingerprint density at radius 2 is 1.62 bits per heavy atom. The monoisotopic (exact) mass is 234 g/mol. The van der Waals surface area contributed by atoms with Crippen LogP contribution >= 0.6 is 0 Å². The van der Waals surface area contributed by atoms with E-state index >= 15 is 0 Å². The van der Waals surface area contributed by atoms with Gasteiger partial charge in [-0.2, -0.15) is 0 Å². The lowest BCUT2D eigenvalue weighted by Crippen LogP contribution is -1.79. The second kappa shape index (κ2) is 9.44. The molecule has 0 aliphatic carbocycles. The lowest BCUT2D eigenvalue weighted by atomic mass is 10.1. The van der Waals surface area contributed by atoms with E-state index in [0.29, 0.717) is 0 Å². The largest absolute Gasteiger partial charge is 0.132 e. The first-order valence-electron chi connectivity index (χ1n) is 6.22. The van der Waals surface area contributed by atoms with Crippen molar-refractivity contribution in [3.8, 4) is 0 Å². The minimum atomic E-state index is 1.11. The van der Waals surface area contributed by atoms with Crippen LogP contribution in [0, 0.1) is 0 Å². The summed E-state index contributed by atoms with van der Waals surface area (Å²) in [5.41, 5.74) is 9.73. The van der Waals surface area contributed by atoms with Crippen molar-refractivity contribution in [1.29, 1.82) is 0 Å². The highest BCUT2D eigenvalue weighted by molar-refractivity contribution is 6.16. The highest BCUT2D eigenvalue weighted by atomic mass is 28.1. The fourth-order valence-corrected chi connectivity index (χ4v) is 2.04. The maximum atomic E-state index is 3.29. The molecule has 0 N–H and O–H groups in total. The lowest BCUT2D eigenvalue weighted by Gasteiger charge is -1.99. The van der Waals surface area contributed by atoms with Gasteiger partial charge in [0.1, 0.15) is 0 Å². The zero-order valence-corrected chi connectivity index (χ0v) is 13.6. The Labute approximate surface area is 104 Å². The van der Waals surface area contributed by atoms with Crippen LogP contribution in [0.25, 0.3) is 0 Å². The molecule has 0 amide bonds. The van der Waals surface area contributed by atoms with E-state index in [0.717, 1.165) is 23.1 Å². The van der Waals surface area contributed by atoms with Crippen molar-refractivity contribution in [3.63, 3.8) is 0 Å². The standard InChI is InChI=1S/C15H26Si/c1-13(2)7-5-8-14(3)9-6-10-15(4)11-12-16/h7,9,12H,5-6,8,10H2,1-4,16H3. The van der Waals surface area contributed by atoms with Gasteiger partial charge in [-0.05, 0) is 59.0 Å². The number of rotatable bonds is 6. The molecule has 0 fully saturated rings. The molecule has 0 saturated heterocycles. The SMILES string of the molecule is CC(=C=C[SiH3])CCC=C(C)CCC=C(C)C. The molecule has 0 nitrogen and oxygen atoms in total. The molecule has 0 spiro atoms. The van der Waals surface area contributed by atoms with Crippen LogP contribution in [-0.2, 0) is 0 Å². The van der Waals surface area contributed by atoms with Crippen LogP contribution < -0.4 is 0 Å². The van der Waals surface area contributed by atoms with Crippen LogP contribution in [0.2, 0.25) is 0 Å². The summed E-state index contributed by atoms with van der Waals surface area (Å²) in [6.07, 6.45) is 9.38. The van der Waals surface area contributed by atoms with Gasteiger partial charge in [0, 0.05) is 10.2 Å². The van der Waals surface area contributed by atoms with Crippen molar-refractivity contribution in [2.24, 2.45) is 0 Å². The Bertz CT molecular complexity index is 308. The van der Waals surface area contributed by atoms with E-state index in [-0.39, 0.29) is 0 Å². The van der Waals surface area contributed by atoms with Crippen molar-refractivity contribution in [2.45, 2.75) is 53.4 Å². The predicted octanol–water partition coefficient (Wildman–Crippen LogP) is 3.88. The molecule has 1 heteroatoms. The highest BCUT2D eigenvalue weighted by Crippen LogP contribution is 2.10. The van der Waals surface area contributed by atoms with Crippen molar-refractivity contribution in [3.05, 3.63) is 40.3 Å². The van der Waals surface area contributed by atoms with E-state index < -0.39 is 0 Å². The van der Waals surface area contributed by atoms with E-state index in [1.54, 1.807) is 0 Å². The minimum absolute atomic E-state index is 1.11. The molecule has 0 bridgehead atoms. The van der Waals surface area contributed by atoms with E-state index in [2.05, 4.69) is 51.3 Å². The topological polar surface area (TPSA) is 0 Å². The van der Waals surface area contributed by atoms with E-state index in [9.17, 15) is 0 Å². The maximum Gasteiger partial charge on any atom is 0.0390 e. The molecule has 0 aromatic rings. The van der Waals surface area contributed by atoms with Gasteiger partial charge in [-0.25, -0.2) is 0 Å². The summed E-state index contributed by atoms with van der Waals surface area (Å²) < 4.78 is 0. The first-order valence-corrected chi connectivity index (χ1v) is 7.37. The van der Waals surface area contributed by atoms with E-state index in [4.69, 9.17) is 0 Å². The Balaban J connectivity index is 3.88. The average molecular weight is 234 g/mol. The zero-order valence-electron chi connectivity index (χ0n) is 11.6. The van der Waals surface area contributed by atoms with Crippen molar-refractivity contribution in [1.82, 2.24) is 0 Å². The molecule has 0 saturated carbocycles. The molecule has 0 atom stereocenters.